The molecule has 1 heterocycles. The minimum atomic E-state index is -0.0122. The summed E-state index contributed by atoms with van der Waals surface area (Å²) in [5, 5.41) is 10.7. The second-order valence-electron chi connectivity index (χ2n) is 5.26. The number of ether oxygens (including phenoxy) is 2. The lowest BCUT2D eigenvalue weighted by molar-refractivity contribution is 0.223. The van der Waals surface area contributed by atoms with Crippen LogP contribution in [0, 0.1) is 0 Å². The molecule has 1 aromatic carbocycles. The van der Waals surface area contributed by atoms with Gasteiger partial charge in [-0.15, -0.1) is 24.0 Å². The molecule has 25 heavy (non-hydrogen) atoms. The van der Waals surface area contributed by atoms with Crippen molar-refractivity contribution in [2.45, 2.75) is 19.6 Å². The largest absolute Gasteiger partial charge is 0.497 e. The molecule has 7 nitrogen and oxygen atoms in total. The lowest BCUT2D eigenvalue weighted by atomic mass is 10.3. The molecule has 0 aliphatic rings. The first-order valence-corrected chi connectivity index (χ1v) is 7.94. The Hall–Kier alpha value is -1.97. The number of aromatic nitrogens is 2. The summed E-state index contributed by atoms with van der Waals surface area (Å²) in [5.41, 5.74) is 0. The number of methoxy groups -OCH3 is 1. The predicted molar refractivity (Wildman–Crippen MR) is 110 cm³/mol. The highest BCUT2D eigenvalue weighted by molar-refractivity contribution is 14.0. The van der Waals surface area contributed by atoms with E-state index in [1.807, 2.05) is 48.1 Å². The second-order valence-corrected chi connectivity index (χ2v) is 5.26. The Morgan fingerprint density at radius 3 is 2.76 bits per heavy atom. The molecule has 8 heteroatoms. The quantitative estimate of drug-likeness (QED) is 0.360. The molecule has 0 radical (unpaired) electrons. The van der Waals surface area contributed by atoms with Crippen LogP contribution in [0.25, 0.3) is 0 Å². The van der Waals surface area contributed by atoms with E-state index >= 15 is 0 Å². The Morgan fingerprint density at radius 1 is 1.28 bits per heavy atom. The third-order valence-electron chi connectivity index (χ3n) is 3.35. The molecule has 138 valence electrons. The van der Waals surface area contributed by atoms with Crippen LogP contribution in [0.5, 0.6) is 11.5 Å². The summed E-state index contributed by atoms with van der Waals surface area (Å²) in [6.07, 6.45) is 3.69. The molecule has 0 spiro atoms. The van der Waals surface area contributed by atoms with Crippen molar-refractivity contribution in [3.63, 3.8) is 0 Å². The number of nitrogens with one attached hydrogen (secondary N) is 2. The lowest BCUT2D eigenvalue weighted by Crippen LogP contribution is -2.42. The van der Waals surface area contributed by atoms with Gasteiger partial charge < -0.3 is 20.1 Å². The van der Waals surface area contributed by atoms with E-state index < -0.39 is 0 Å². The van der Waals surface area contributed by atoms with Crippen molar-refractivity contribution < 1.29 is 9.47 Å². The number of aliphatic imine (C=N–C) groups is 1. The molecule has 2 aromatic rings. The van der Waals surface area contributed by atoms with Crippen molar-refractivity contribution in [3.05, 3.63) is 42.7 Å². The van der Waals surface area contributed by atoms with Gasteiger partial charge in [0.25, 0.3) is 0 Å². The number of nitrogens with zero attached hydrogens (tertiary/aromatic N) is 3. The van der Waals surface area contributed by atoms with Crippen LogP contribution in [0.4, 0.5) is 0 Å². The zero-order chi connectivity index (χ0) is 17.2. The van der Waals surface area contributed by atoms with Gasteiger partial charge in [0.15, 0.2) is 5.96 Å². The van der Waals surface area contributed by atoms with E-state index in [4.69, 9.17) is 9.47 Å². The summed E-state index contributed by atoms with van der Waals surface area (Å²) in [6, 6.07) is 9.49. The van der Waals surface area contributed by atoms with E-state index in [1.165, 1.54) is 0 Å². The second kappa shape index (κ2) is 11.6. The first-order valence-electron chi connectivity index (χ1n) is 7.94. The fourth-order valence-electron chi connectivity index (χ4n) is 2.13. The van der Waals surface area contributed by atoms with Gasteiger partial charge in [-0.25, -0.2) is 0 Å². The van der Waals surface area contributed by atoms with Crippen LogP contribution in [0.3, 0.4) is 0 Å². The molecule has 1 unspecified atom stereocenters. The monoisotopic (exact) mass is 459 g/mol. The van der Waals surface area contributed by atoms with Crippen molar-refractivity contribution in [1.29, 1.82) is 0 Å². The van der Waals surface area contributed by atoms with Gasteiger partial charge in [0.1, 0.15) is 17.6 Å². The topological polar surface area (TPSA) is 72.7 Å². The zero-order valence-electron chi connectivity index (χ0n) is 14.8. The molecule has 0 aliphatic heterocycles. The summed E-state index contributed by atoms with van der Waals surface area (Å²) < 4.78 is 12.9. The minimum absolute atomic E-state index is 0. The van der Waals surface area contributed by atoms with Crippen LogP contribution < -0.4 is 20.1 Å². The van der Waals surface area contributed by atoms with Gasteiger partial charge in [0, 0.05) is 32.1 Å². The smallest absolute Gasteiger partial charge is 0.191 e. The van der Waals surface area contributed by atoms with E-state index in [0.717, 1.165) is 30.5 Å². The van der Waals surface area contributed by atoms with E-state index in [2.05, 4.69) is 20.7 Å². The summed E-state index contributed by atoms with van der Waals surface area (Å²) in [6.45, 7) is 4.16. The summed E-state index contributed by atoms with van der Waals surface area (Å²) in [4.78, 5) is 4.20. The predicted octanol–water partition coefficient (Wildman–Crippen LogP) is 2.14. The molecule has 0 amide bonds. The Morgan fingerprint density at radius 2 is 2.08 bits per heavy atom. The van der Waals surface area contributed by atoms with Crippen LogP contribution in [-0.2, 0) is 6.54 Å². The average Bonchev–Trinajstić information content (AvgIpc) is 3.11. The van der Waals surface area contributed by atoms with E-state index in [9.17, 15) is 0 Å². The van der Waals surface area contributed by atoms with Crippen LogP contribution in [0.2, 0.25) is 0 Å². The fraction of sp³-hybridized carbons (Fsp3) is 0.412. The van der Waals surface area contributed by atoms with E-state index in [1.54, 1.807) is 20.4 Å². The van der Waals surface area contributed by atoms with Crippen LogP contribution in [0.1, 0.15) is 6.92 Å². The maximum absolute atomic E-state index is 5.88. The van der Waals surface area contributed by atoms with Gasteiger partial charge in [0.05, 0.1) is 20.2 Å². The highest BCUT2D eigenvalue weighted by Crippen LogP contribution is 2.19. The SMILES string of the molecule is CN=C(NCCn1cccn1)NCC(C)Oc1cccc(OC)c1.I. The van der Waals surface area contributed by atoms with Gasteiger partial charge in [-0.05, 0) is 25.1 Å². The molecule has 1 aromatic heterocycles. The van der Waals surface area contributed by atoms with Crippen molar-refractivity contribution >= 4 is 29.9 Å². The van der Waals surface area contributed by atoms with Crippen LogP contribution >= 0.6 is 24.0 Å². The Kier molecular flexibility index (Phi) is 9.75. The van der Waals surface area contributed by atoms with Crippen LogP contribution in [-0.4, -0.2) is 49.1 Å². The van der Waals surface area contributed by atoms with Crippen molar-refractivity contribution in [1.82, 2.24) is 20.4 Å². The summed E-state index contributed by atoms with van der Waals surface area (Å²) in [7, 11) is 3.39. The Balaban J connectivity index is 0.00000312. The first kappa shape index (κ1) is 21.1. The van der Waals surface area contributed by atoms with E-state index in [0.29, 0.717) is 6.54 Å². The molecule has 0 aliphatic carbocycles. The molecule has 0 saturated heterocycles. The standard InChI is InChI=1S/C17H25N5O2.HI/c1-14(24-16-7-4-6-15(12-16)23-3)13-20-17(18-2)19-9-11-22-10-5-8-21-22;/h4-8,10,12,14H,9,11,13H2,1-3H3,(H2,18,19,20);1H. The third-order valence-corrected chi connectivity index (χ3v) is 3.35. The minimum Gasteiger partial charge on any atom is -0.497 e. The number of hydrogen-bond donors (Lipinski definition) is 2. The van der Waals surface area contributed by atoms with Gasteiger partial charge in [0.2, 0.25) is 0 Å². The Labute approximate surface area is 165 Å². The molecular weight excluding hydrogens is 433 g/mol. The fourth-order valence-corrected chi connectivity index (χ4v) is 2.13. The normalized spacial score (nSPS) is 12.0. The number of benzene rings is 1. The van der Waals surface area contributed by atoms with Gasteiger partial charge in [-0.3, -0.25) is 9.67 Å². The molecule has 0 bridgehead atoms. The summed E-state index contributed by atoms with van der Waals surface area (Å²) >= 11 is 0. The molecule has 0 fully saturated rings. The van der Waals surface area contributed by atoms with Gasteiger partial charge in [-0.1, -0.05) is 6.07 Å². The molecule has 0 saturated carbocycles. The summed E-state index contributed by atoms with van der Waals surface area (Å²) in [5.74, 6) is 2.30. The number of hydrogen-bond acceptors (Lipinski definition) is 4. The van der Waals surface area contributed by atoms with Gasteiger partial charge >= 0.3 is 0 Å². The lowest BCUT2D eigenvalue weighted by Gasteiger charge is -2.18. The molecular formula is C17H26IN5O2. The van der Waals surface area contributed by atoms with E-state index in [-0.39, 0.29) is 30.1 Å². The van der Waals surface area contributed by atoms with Crippen molar-refractivity contribution in [3.8, 4) is 11.5 Å². The number of rotatable bonds is 8. The maximum atomic E-state index is 5.88. The highest BCUT2D eigenvalue weighted by atomic mass is 127. The molecule has 2 N–H and O–H groups in total. The third kappa shape index (κ3) is 7.63. The number of guanidine groups is 1. The van der Waals surface area contributed by atoms with Crippen LogP contribution in [0.15, 0.2) is 47.7 Å². The Bertz CT molecular complexity index is 634. The highest BCUT2D eigenvalue weighted by Gasteiger charge is 2.06. The van der Waals surface area contributed by atoms with Crippen molar-refractivity contribution in [2.75, 3.05) is 27.2 Å². The number of halogens is 1. The maximum Gasteiger partial charge on any atom is 0.191 e. The zero-order valence-corrected chi connectivity index (χ0v) is 17.1. The average molecular weight is 459 g/mol. The van der Waals surface area contributed by atoms with Gasteiger partial charge in [-0.2, -0.15) is 5.10 Å². The molecule has 2 rings (SSSR count). The molecule has 1 atom stereocenters. The first-order chi connectivity index (χ1) is 11.7. The van der Waals surface area contributed by atoms with Crippen molar-refractivity contribution in [2.24, 2.45) is 4.99 Å².